The predicted molar refractivity (Wildman–Crippen MR) is 250 cm³/mol. The van der Waals surface area contributed by atoms with Gasteiger partial charge in [-0.1, -0.05) is 4.98 Å². The first-order valence-electron chi connectivity index (χ1n) is 22.1. The number of H-pyrrole nitrogens is 2. The number of aromatic amines is 2. The van der Waals surface area contributed by atoms with Crippen LogP contribution in [0.15, 0.2) is 34.9 Å². The number of methoxy groups -OCH3 is 1. The Morgan fingerprint density at radius 1 is 0.718 bits per heavy atom. The molecule has 78 heavy (non-hydrogen) atoms. The Hall–Kier alpha value is -5.64. The first-order chi connectivity index (χ1) is 36.6. The number of carbonyl (C=O) groups is 1. The number of rotatable bonds is 21. The van der Waals surface area contributed by atoms with Crippen LogP contribution in [0.5, 0.6) is 0 Å². The van der Waals surface area contributed by atoms with Gasteiger partial charge in [-0.05, 0) is 0 Å². The van der Waals surface area contributed by atoms with Crippen molar-refractivity contribution in [3.05, 3.63) is 46.0 Å². The van der Waals surface area contributed by atoms with Crippen molar-refractivity contribution in [2.75, 3.05) is 44.1 Å². The highest BCUT2D eigenvalue weighted by atomic mass is 31.3. The summed E-state index contributed by atoms with van der Waals surface area (Å²) in [7, 11) is -21.0. The molecule has 0 bridgehead atoms. The molecule has 6 aromatic rings. The Kier molecular flexibility index (Phi) is 15.7. The minimum Gasteiger partial charge on any atom is -0.387 e. The third kappa shape index (κ3) is 11.5. The van der Waals surface area contributed by atoms with E-state index in [-0.39, 0.29) is 51.2 Å². The molecule has 0 aromatic carbocycles. The molecular formula is C34H47N16O24P4+. The zero-order chi connectivity index (χ0) is 56.6. The lowest BCUT2D eigenvalue weighted by Gasteiger charge is -2.26. The molecule has 40 nitrogen and oxygen atoms in total. The number of nitrogens with one attached hydrogen (secondary N) is 2. The normalized spacial score (nSPS) is 29.7. The molecular weight excluding hydrogens is 1140 g/mol. The summed E-state index contributed by atoms with van der Waals surface area (Å²) in [6.07, 6.45) is -14.3. The van der Waals surface area contributed by atoms with Gasteiger partial charge in [0, 0.05) is 19.4 Å². The van der Waals surface area contributed by atoms with Crippen molar-refractivity contribution in [1.82, 2.24) is 53.6 Å². The zero-order valence-corrected chi connectivity index (χ0v) is 43.3. The number of fused-ring (bicyclic) bond motifs is 3. The van der Waals surface area contributed by atoms with E-state index in [1.165, 1.54) is 27.1 Å². The van der Waals surface area contributed by atoms with Crippen LogP contribution in [0.3, 0.4) is 0 Å². The molecule has 3 aliphatic rings. The second-order valence-corrected chi connectivity index (χ2v) is 23.4. The van der Waals surface area contributed by atoms with E-state index in [0.29, 0.717) is 0 Å². The fraction of sp³-hybridized carbons (Fsp3) is 0.529. The topological polar surface area (TPSA) is 585 Å². The number of primary amides is 1. The average Bonchev–Trinajstić information content (AvgIpc) is 4.28. The van der Waals surface area contributed by atoms with Crippen molar-refractivity contribution in [3.8, 4) is 0 Å². The lowest BCUT2D eigenvalue weighted by Crippen LogP contribution is -2.45. The van der Waals surface area contributed by atoms with Gasteiger partial charge < -0.3 is 76.8 Å². The van der Waals surface area contributed by atoms with Gasteiger partial charge in [0.15, 0.2) is 41.4 Å². The van der Waals surface area contributed by atoms with Gasteiger partial charge in [0.05, 0.1) is 45.6 Å². The number of nitrogens with two attached hydrogens (primary N) is 4. The number of hydrogen-bond acceptors (Lipinski definition) is 29. The van der Waals surface area contributed by atoms with E-state index in [0.717, 1.165) is 30.7 Å². The van der Waals surface area contributed by atoms with Gasteiger partial charge in [0.25, 0.3) is 17.1 Å². The molecule has 3 fully saturated rings. The summed E-state index contributed by atoms with van der Waals surface area (Å²) >= 11 is 0. The number of imidazole rings is 3. The summed E-state index contributed by atoms with van der Waals surface area (Å²) in [6.45, 7) is -3.37. The number of aryl methyl sites for hydroxylation is 1. The number of aromatic nitrogens is 12. The highest BCUT2D eigenvalue weighted by Crippen LogP contribution is 2.68. The Balaban J connectivity index is 0.874. The maximum Gasteiger partial charge on any atom is 0.490 e. The van der Waals surface area contributed by atoms with E-state index in [4.69, 9.17) is 60.0 Å². The lowest BCUT2D eigenvalue weighted by molar-refractivity contribution is -0.745. The highest BCUT2D eigenvalue weighted by molar-refractivity contribution is 7.66. The van der Waals surface area contributed by atoms with Crippen LogP contribution in [0.1, 0.15) is 25.1 Å². The van der Waals surface area contributed by atoms with Crippen molar-refractivity contribution in [2.24, 2.45) is 18.7 Å². The van der Waals surface area contributed by atoms with Crippen molar-refractivity contribution < 1.29 is 108 Å². The van der Waals surface area contributed by atoms with Gasteiger partial charge in [-0.25, -0.2) is 42.8 Å². The molecule has 0 radical (unpaired) electrons. The van der Waals surface area contributed by atoms with Crippen LogP contribution in [0.25, 0.3) is 33.5 Å². The molecule has 0 aliphatic carbocycles. The number of hydrogen-bond donors (Lipinski definition) is 13. The summed E-state index contributed by atoms with van der Waals surface area (Å²) in [5, 5.41) is 33.0. The molecule has 0 spiro atoms. The summed E-state index contributed by atoms with van der Waals surface area (Å²) in [5.74, 6) is -3.02. The number of phosphoric acid groups is 4. The summed E-state index contributed by atoms with van der Waals surface area (Å²) in [4.78, 5) is 108. The standard InChI is InChI=1S/C34H46N16O24P4/c1-47-10-50(27-18(47)29(56)46-34(38)44-27)30-19(52)11(3-15(35)51)12(69-30)4-67-76(59,60)73-78(63,64)74-77(61,62)68-6-14-22(23(65-2)32(71-14)48-8-41-16-24(36)39-7-40-25(16)48)72-75(57,58)66-5-13-20(53)21(54)31(70-13)49-9-42-17-26(49)43-33(37)45-28(17)55/h7-14,19-23,30-32,52-54H,3-6H2,1-2H3,(H13-,35,36,37,38,39,40,43,44,45,46,51,55,56,57,58,59,60,61,62,63,64)/p+1/t11-,12-,13-,14-,19-,20-,21-,22-,23-,30-,31-,32-/m1/s1. The molecule has 16 atom stereocenters. The van der Waals surface area contributed by atoms with Crippen LogP contribution >= 0.6 is 31.3 Å². The first-order valence-corrected chi connectivity index (χ1v) is 28.1. The van der Waals surface area contributed by atoms with E-state index in [9.17, 15) is 67.5 Å². The molecule has 3 aliphatic heterocycles. The molecule has 9 rings (SSSR count). The number of nitrogens with zero attached hydrogens (tertiary/aromatic N) is 10. The number of aliphatic hydroxyl groups excluding tert-OH is 3. The van der Waals surface area contributed by atoms with Gasteiger partial charge in [-0.3, -0.25) is 56.1 Å². The Bertz CT molecular complexity index is 3600. The van der Waals surface area contributed by atoms with Gasteiger partial charge in [0.2, 0.25) is 23.6 Å². The molecule has 44 heteroatoms. The molecule has 0 saturated carbocycles. The number of aliphatic hydroxyl groups is 3. The molecule has 1 amide bonds. The van der Waals surface area contributed by atoms with Crippen molar-refractivity contribution in [3.63, 3.8) is 0 Å². The van der Waals surface area contributed by atoms with E-state index in [2.05, 4.69) is 48.5 Å². The second-order valence-electron chi connectivity index (χ2n) is 17.3. The van der Waals surface area contributed by atoms with Crippen LogP contribution in [-0.2, 0) is 75.8 Å². The summed E-state index contributed by atoms with van der Waals surface area (Å²) < 4.78 is 110. The number of carbonyl (C=O) groups excluding carboxylic acids is 1. The van der Waals surface area contributed by atoms with Crippen LogP contribution in [0, 0.1) is 5.92 Å². The van der Waals surface area contributed by atoms with Crippen molar-refractivity contribution in [2.45, 2.75) is 73.9 Å². The fourth-order valence-corrected chi connectivity index (χ4v) is 13.3. The summed E-state index contributed by atoms with van der Waals surface area (Å²) in [5.41, 5.74) is 20.8. The lowest BCUT2D eigenvalue weighted by atomic mass is 9.94. The van der Waals surface area contributed by atoms with Gasteiger partial charge in [0.1, 0.15) is 54.6 Å². The van der Waals surface area contributed by atoms with Crippen LogP contribution < -0.4 is 38.6 Å². The minimum absolute atomic E-state index is 0.000390. The van der Waals surface area contributed by atoms with Crippen LogP contribution in [-0.4, -0.2) is 170 Å². The van der Waals surface area contributed by atoms with E-state index in [1.807, 2.05) is 0 Å². The Labute approximate surface area is 432 Å². The molecule has 4 unspecified atom stereocenters. The second kappa shape index (κ2) is 21.4. The average molecular weight is 1190 g/mol. The predicted octanol–water partition coefficient (Wildman–Crippen LogP) is -4.58. The Morgan fingerprint density at radius 3 is 1.97 bits per heavy atom. The SMILES string of the molecule is CO[C@@H]1[C@H](OP(=O)(O)OC[C@H]2O[C@@H](n3cnc4c(=O)[nH]c(N)nc43)[C@H](O)[C@@H]2O)[C@@H](COP(=O)(O)OP(=O)(O)OP(=O)(O)OC[C@H]2O[C@@H]([n+]3cn(C)c4c(=O)[nH]c(N)nc43)[C@H](O)[C@@H]2CC(N)=O)O[C@H]1n1cnc2c(N)ncnc21. The molecule has 9 heterocycles. The Morgan fingerprint density at radius 2 is 1.31 bits per heavy atom. The number of phosphoric ester groups is 3. The highest BCUT2D eigenvalue weighted by Gasteiger charge is 2.54. The largest absolute Gasteiger partial charge is 0.490 e. The van der Waals surface area contributed by atoms with Crippen molar-refractivity contribution >= 4 is 88.4 Å². The fourth-order valence-electron chi connectivity index (χ4n) is 8.86. The van der Waals surface area contributed by atoms with Gasteiger partial charge in [-0.15, -0.1) is 0 Å². The zero-order valence-electron chi connectivity index (χ0n) is 39.7. The third-order valence-electron chi connectivity index (χ3n) is 12.2. The van der Waals surface area contributed by atoms with Gasteiger partial charge in [-0.2, -0.15) is 13.6 Å². The van der Waals surface area contributed by atoms with Gasteiger partial charge >= 0.3 is 36.9 Å². The number of amides is 1. The molecule has 6 aromatic heterocycles. The van der Waals surface area contributed by atoms with Crippen LogP contribution in [0.4, 0.5) is 17.7 Å². The maximum atomic E-state index is 13.7. The quantitative estimate of drug-likeness (QED) is 0.0238. The minimum atomic E-state index is -6.24. The molecule has 17 N–H and O–H groups in total. The van der Waals surface area contributed by atoms with Crippen LogP contribution in [0.2, 0.25) is 0 Å². The van der Waals surface area contributed by atoms with E-state index in [1.54, 1.807) is 0 Å². The molecule has 3 saturated heterocycles. The van der Waals surface area contributed by atoms with E-state index >= 15 is 0 Å². The monoisotopic (exact) mass is 1190 g/mol. The number of anilines is 3. The number of nitrogen functional groups attached to an aromatic ring is 3. The maximum absolute atomic E-state index is 13.7. The van der Waals surface area contributed by atoms with E-state index < -0.39 is 148 Å². The molecule has 426 valence electrons. The first kappa shape index (κ1) is 57.1. The van der Waals surface area contributed by atoms with Crippen molar-refractivity contribution in [1.29, 1.82) is 0 Å². The smallest absolute Gasteiger partial charge is 0.387 e. The third-order valence-corrected chi connectivity index (χ3v) is 17.4. The number of ether oxygens (including phenoxy) is 4. The summed E-state index contributed by atoms with van der Waals surface area (Å²) in [6, 6.07) is 0.